The Morgan fingerprint density at radius 1 is 1.14 bits per heavy atom. The first-order valence-corrected chi connectivity index (χ1v) is 13.5. The molecule has 1 fully saturated rings. The standard InChI is InChI=1S/C27H30FN5O2S/c1-17(2)15-32-25(35)21-13-12-18(24(34)29-20-9-4-3-5-10-20)14-23(21)33-26(32)30-31-27(33)36-16-19-8-6-7-11-22(19)28/h6-8,11-14,17,20H,3-5,9-10,15-16H2,1-2H3,(H,29,34). The van der Waals surface area contributed by atoms with Crippen LogP contribution in [-0.2, 0) is 12.3 Å². The number of hydrogen-bond acceptors (Lipinski definition) is 5. The highest BCUT2D eigenvalue weighted by Gasteiger charge is 2.21. The van der Waals surface area contributed by atoms with Crippen LogP contribution < -0.4 is 10.9 Å². The third kappa shape index (κ3) is 4.89. The Bertz CT molecular complexity index is 1470. The van der Waals surface area contributed by atoms with Crippen LogP contribution in [-0.4, -0.2) is 31.1 Å². The normalized spacial score (nSPS) is 14.7. The van der Waals surface area contributed by atoms with E-state index in [0.29, 0.717) is 45.3 Å². The predicted octanol–water partition coefficient (Wildman–Crippen LogP) is 5.19. The first kappa shape index (κ1) is 24.5. The number of rotatable bonds is 7. The van der Waals surface area contributed by atoms with Crippen LogP contribution in [0.1, 0.15) is 61.9 Å². The van der Waals surface area contributed by atoms with Crippen LogP contribution in [0.4, 0.5) is 4.39 Å². The largest absolute Gasteiger partial charge is 0.349 e. The highest BCUT2D eigenvalue weighted by molar-refractivity contribution is 7.98. The topological polar surface area (TPSA) is 81.3 Å². The number of benzene rings is 2. The number of nitrogens with zero attached hydrogens (tertiary/aromatic N) is 4. The summed E-state index contributed by atoms with van der Waals surface area (Å²) in [6.45, 7) is 4.56. The van der Waals surface area contributed by atoms with Crippen LogP contribution in [0, 0.1) is 11.7 Å². The summed E-state index contributed by atoms with van der Waals surface area (Å²) >= 11 is 1.35. The van der Waals surface area contributed by atoms with E-state index in [4.69, 9.17) is 0 Å². The maximum Gasteiger partial charge on any atom is 0.262 e. The maximum atomic E-state index is 14.2. The highest BCUT2D eigenvalue weighted by Crippen LogP contribution is 2.27. The number of thioether (sulfide) groups is 1. The second-order valence-electron chi connectivity index (χ2n) is 9.85. The summed E-state index contributed by atoms with van der Waals surface area (Å²) in [6.07, 6.45) is 5.45. The van der Waals surface area contributed by atoms with Gasteiger partial charge in [0.2, 0.25) is 5.78 Å². The Morgan fingerprint density at radius 3 is 2.67 bits per heavy atom. The Hall–Kier alpha value is -3.20. The third-order valence-corrected chi connectivity index (χ3v) is 7.61. The molecule has 2 aromatic heterocycles. The molecule has 2 aromatic carbocycles. The van der Waals surface area contributed by atoms with E-state index in [1.807, 2.05) is 18.2 Å². The number of hydrogen-bond donors (Lipinski definition) is 1. The van der Waals surface area contributed by atoms with Crippen molar-refractivity contribution < 1.29 is 9.18 Å². The average molecular weight is 508 g/mol. The van der Waals surface area contributed by atoms with Crippen LogP contribution in [0.5, 0.6) is 0 Å². The highest BCUT2D eigenvalue weighted by atomic mass is 32.2. The zero-order chi connectivity index (χ0) is 25.2. The number of fused-ring (bicyclic) bond motifs is 3. The minimum Gasteiger partial charge on any atom is -0.349 e. The summed E-state index contributed by atoms with van der Waals surface area (Å²) < 4.78 is 17.7. The summed E-state index contributed by atoms with van der Waals surface area (Å²) in [5, 5.41) is 12.9. The maximum absolute atomic E-state index is 14.2. The van der Waals surface area contributed by atoms with Crippen LogP contribution >= 0.6 is 11.8 Å². The summed E-state index contributed by atoms with van der Waals surface area (Å²) in [5.41, 5.74) is 1.47. The van der Waals surface area contributed by atoms with Crippen LogP contribution in [0.25, 0.3) is 16.7 Å². The smallest absolute Gasteiger partial charge is 0.262 e. The molecule has 1 aliphatic rings. The van der Waals surface area contributed by atoms with Gasteiger partial charge in [0.1, 0.15) is 5.82 Å². The van der Waals surface area contributed by atoms with Crippen molar-refractivity contribution in [2.45, 2.75) is 69.4 Å². The van der Waals surface area contributed by atoms with Gasteiger partial charge in [-0.3, -0.25) is 18.6 Å². The molecule has 0 bridgehead atoms. The average Bonchev–Trinajstić information content (AvgIpc) is 3.30. The van der Waals surface area contributed by atoms with Gasteiger partial charge in [-0.25, -0.2) is 4.39 Å². The molecule has 1 amide bonds. The van der Waals surface area contributed by atoms with Crippen molar-refractivity contribution in [1.82, 2.24) is 24.5 Å². The number of carbonyl (C=O) groups excluding carboxylic acids is 1. The molecule has 188 valence electrons. The van der Waals surface area contributed by atoms with Crippen LogP contribution in [0.2, 0.25) is 0 Å². The Kier molecular flexibility index (Phi) is 7.09. The lowest BCUT2D eigenvalue weighted by molar-refractivity contribution is 0.0928. The first-order valence-electron chi connectivity index (χ1n) is 12.5. The zero-order valence-corrected chi connectivity index (χ0v) is 21.4. The molecule has 5 rings (SSSR count). The zero-order valence-electron chi connectivity index (χ0n) is 20.5. The second kappa shape index (κ2) is 10.4. The van der Waals surface area contributed by atoms with Crippen LogP contribution in [0.3, 0.4) is 0 Å². The van der Waals surface area contributed by atoms with E-state index in [0.717, 1.165) is 25.7 Å². The molecule has 1 N–H and O–H groups in total. The molecule has 0 aliphatic heterocycles. The van der Waals surface area contributed by atoms with Gasteiger partial charge in [-0.15, -0.1) is 10.2 Å². The van der Waals surface area contributed by atoms with Crippen molar-refractivity contribution in [2.24, 2.45) is 5.92 Å². The minimum absolute atomic E-state index is 0.142. The Labute approximate surface area is 213 Å². The predicted molar refractivity (Wildman–Crippen MR) is 140 cm³/mol. The molecule has 1 saturated carbocycles. The van der Waals surface area contributed by atoms with Gasteiger partial charge in [0.15, 0.2) is 5.16 Å². The Morgan fingerprint density at radius 2 is 1.92 bits per heavy atom. The van der Waals surface area contributed by atoms with Gasteiger partial charge in [0, 0.05) is 23.9 Å². The molecule has 4 aromatic rings. The lowest BCUT2D eigenvalue weighted by atomic mass is 9.95. The van der Waals surface area contributed by atoms with E-state index in [1.165, 1.54) is 24.2 Å². The lowest BCUT2D eigenvalue weighted by Gasteiger charge is -2.22. The Balaban J connectivity index is 1.59. The fourth-order valence-corrected chi connectivity index (χ4v) is 5.75. The van der Waals surface area contributed by atoms with Crippen molar-refractivity contribution in [1.29, 1.82) is 0 Å². The molecule has 0 atom stereocenters. The van der Waals surface area contributed by atoms with Gasteiger partial charge in [0.25, 0.3) is 11.5 Å². The van der Waals surface area contributed by atoms with Crippen molar-refractivity contribution >= 4 is 34.3 Å². The minimum atomic E-state index is -0.276. The molecule has 0 unspecified atom stereocenters. The molecule has 0 radical (unpaired) electrons. The summed E-state index contributed by atoms with van der Waals surface area (Å²) in [5.74, 6) is 0.580. The number of halogens is 1. The van der Waals surface area contributed by atoms with Crippen LogP contribution in [0.15, 0.2) is 52.4 Å². The number of amides is 1. The van der Waals surface area contributed by atoms with Gasteiger partial charge in [0.05, 0.1) is 10.9 Å². The summed E-state index contributed by atoms with van der Waals surface area (Å²) in [7, 11) is 0. The third-order valence-electron chi connectivity index (χ3n) is 6.64. The second-order valence-corrected chi connectivity index (χ2v) is 10.8. The summed E-state index contributed by atoms with van der Waals surface area (Å²) in [6, 6.07) is 12.0. The van der Waals surface area contributed by atoms with E-state index < -0.39 is 0 Å². The van der Waals surface area contributed by atoms with Gasteiger partial charge >= 0.3 is 0 Å². The molecule has 2 heterocycles. The lowest BCUT2D eigenvalue weighted by Crippen LogP contribution is -2.36. The fourth-order valence-electron chi connectivity index (χ4n) is 4.82. The summed E-state index contributed by atoms with van der Waals surface area (Å²) in [4.78, 5) is 26.5. The number of carbonyl (C=O) groups is 1. The quantitative estimate of drug-likeness (QED) is 0.348. The number of nitrogens with one attached hydrogen (secondary N) is 1. The van der Waals surface area contributed by atoms with E-state index in [2.05, 4.69) is 15.5 Å². The van der Waals surface area contributed by atoms with Gasteiger partial charge in [-0.05, 0) is 48.6 Å². The van der Waals surface area contributed by atoms with Gasteiger partial charge in [-0.1, -0.05) is 63.1 Å². The van der Waals surface area contributed by atoms with E-state index in [-0.39, 0.29) is 29.2 Å². The molecular formula is C27H30FN5O2S. The molecule has 0 spiro atoms. The van der Waals surface area contributed by atoms with Gasteiger partial charge in [-0.2, -0.15) is 0 Å². The molecule has 1 aliphatic carbocycles. The number of aromatic nitrogens is 4. The molecular weight excluding hydrogens is 477 g/mol. The fraction of sp³-hybridized carbons (Fsp3) is 0.407. The van der Waals surface area contributed by atoms with E-state index in [9.17, 15) is 14.0 Å². The first-order chi connectivity index (χ1) is 17.4. The van der Waals surface area contributed by atoms with Crippen molar-refractivity contribution in [3.05, 3.63) is 69.8 Å². The van der Waals surface area contributed by atoms with Crippen molar-refractivity contribution in [3.63, 3.8) is 0 Å². The molecule has 0 saturated heterocycles. The monoisotopic (exact) mass is 507 g/mol. The van der Waals surface area contributed by atoms with E-state index >= 15 is 0 Å². The molecule has 9 heteroatoms. The van der Waals surface area contributed by atoms with Gasteiger partial charge < -0.3 is 5.32 Å². The van der Waals surface area contributed by atoms with Crippen molar-refractivity contribution in [2.75, 3.05) is 0 Å². The SMILES string of the molecule is CC(C)Cn1c(=O)c2ccc(C(=O)NC3CCCCC3)cc2n2c(SCc3ccccc3F)nnc12. The molecule has 7 nitrogen and oxygen atoms in total. The van der Waals surface area contributed by atoms with Crippen molar-refractivity contribution in [3.8, 4) is 0 Å². The molecule has 36 heavy (non-hydrogen) atoms. The van der Waals surface area contributed by atoms with E-state index in [1.54, 1.807) is 41.0 Å².